The Labute approximate surface area is 186 Å². The van der Waals surface area contributed by atoms with Crippen LogP contribution < -0.4 is 9.64 Å². The molecule has 32 heavy (non-hydrogen) atoms. The summed E-state index contributed by atoms with van der Waals surface area (Å²) in [5, 5.41) is 11.1. The number of ether oxygens (including phenoxy) is 1. The predicted octanol–water partition coefficient (Wildman–Crippen LogP) is 4.81. The number of aromatic nitrogens is 1. The van der Waals surface area contributed by atoms with Crippen LogP contribution in [0.15, 0.2) is 78.6 Å². The molecule has 1 unspecified atom stereocenters. The fraction of sp³-hybridized carbons (Fsp3) is 0.192. The van der Waals surface area contributed by atoms with Gasteiger partial charge in [0.15, 0.2) is 0 Å². The first-order chi connectivity index (χ1) is 15.5. The Balaban J connectivity index is 1.82. The van der Waals surface area contributed by atoms with Crippen molar-refractivity contribution in [2.45, 2.75) is 26.3 Å². The Morgan fingerprint density at radius 2 is 1.78 bits per heavy atom. The number of nitrogens with zero attached hydrogens (tertiary/aromatic N) is 2. The van der Waals surface area contributed by atoms with Crippen molar-refractivity contribution in [3.63, 3.8) is 0 Å². The molecule has 2 aromatic carbocycles. The van der Waals surface area contributed by atoms with Crippen molar-refractivity contribution in [3.8, 4) is 5.75 Å². The molecule has 162 valence electrons. The zero-order valence-electron chi connectivity index (χ0n) is 18.0. The largest absolute Gasteiger partial charge is 0.507 e. The van der Waals surface area contributed by atoms with Gasteiger partial charge in [0, 0.05) is 23.6 Å². The van der Waals surface area contributed by atoms with E-state index in [4.69, 9.17) is 4.74 Å². The van der Waals surface area contributed by atoms with E-state index in [0.717, 1.165) is 12.0 Å². The molecule has 6 nitrogen and oxygen atoms in total. The van der Waals surface area contributed by atoms with Crippen molar-refractivity contribution < 1.29 is 19.4 Å². The molecule has 6 heteroatoms. The number of ketones is 1. The van der Waals surface area contributed by atoms with Crippen LogP contribution in [-0.2, 0) is 9.59 Å². The van der Waals surface area contributed by atoms with Gasteiger partial charge in [-0.25, -0.2) is 0 Å². The van der Waals surface area contributed by atoms with Crippen molar-refractivity contribution in [1.29, 1.82) is 0 Å². The van der Waals surface area contributed by atoms with Crippen LogP contribution in [0.5, 0.6) is 5.75 Å². The van der Waals surface area contributed by atoms with Gasteiger partial charge in [0.05, 0.1) is 18.2 Å². The number of amides is 1. The number of pyridine rings is 1. The third-order valence-corrected chi connectivity index (χ3v) is 5.36. The molecular weight excluding hydrogens is 404 g/mol. The number of hydrogen-bond acceptors (Lipinski definition) is 5. The van der Waals surface area contributed by atoms with Crippen LogP contribution in [-0.4, -0.2) is 28.4 Å². The number of aliphatic hydroxyl groups excluding tert-OH is 1. The van der Waals surface area contributed by atoms with Crippen LogP contribution in [0, 0.1) is 6.92 Å². The maximum Gasteiger partial charge on any atom is 0.300 e. The molecule has 1 amide bonds. The van der Waals surface area contributed by atoms with E-state index in [0.29, 0.717) is 29.2 Å². The minimum atomic E-state index is -0.789. The summed E-state index contributed by atoms with van der Waals surface area (Å²) in [7, 11) is 0. The lowest BCUT2D eigenvalue weighted by molar-refractivity contribution is -0.132. The first-order valence-corrected chi connectivity index (χ1v) is 10.5. The summed E-state index contributed by atoms with van der Waals surface area (Å²) >= 11 is 0. The second-order valence-corrected chi connectivity index (χ2v) is 7.66. The minimum Gasteiger partial charge on any atom is -0.507 e. The first kappa shape index (κ1) is 21.3. The summed E-state index contributed by atoms with van der Waals surface area (Å²) < 4.78 is 5.59. The molecule has 0 bridgehead atoms. The van der Waals surface area contributed by atoms with Crippen LogP contribution in [0.3, 0.4) is 0 Å². The third kappa shape index (κ3) is 3.99. The highest BCUT2D eigenvalue weighted by Gasteiger charge is 2.47. The van der Waals surface area contributed by atoms with Gasteiger partial charge in [0.25, 0.3) is 11.7 Å². The van der Waals surface area contributed by atoms with E-state index in [1.165, 1.54) is 4.90 Å². The summed E-state index contributed by atoms with van der Waals surface area (Å²) in [6.45, 7) is 4.56. The second-order valence-electron chi connectivity index (χ2n) is 7.66. The second kappa shape index (κ2) is 9.06. The lowest BCUT2D eigenvalue weighted by Gasteiger charge is -2.25. The molecule has 1 aliphatic rings. The Kier molecular flexibility index (Phi) is 6.03. The maximum absolute atomic E-state index is 13.1. The molecule has 1 N–H and O–H groups in total. The van der Waals surface area contributed by atoms with Gasteiger partial charge in [-0.2, -0.15) is 0 Å². The van der Waals surface area contributed by atoms with E-state index in [1.807, 2.05) is 26.0 Å². The number of aryl methyl sites for hydroxylation is 1. The maximum atomic E-state index is 13.1. The van der Waals surface area contributed by atoms with Gasteiger partial charge in [-0.1, -0.05) is 30.7 Å². The van der Waals surface area contributed by atoms with Crippen molar-refractivity contribution in [3.05, 3.63) is 95.3 Å². The molecule has 1 aromatic heterocycles. The van der Waals surface area contributed by atoms with Crippen LogP contribution >= 0.6 is 0 Å². The van der Waals surface area contributed by atoms with E-state index in [9.17, 15) is 14.7 Å². The molecule has 1 atom stereocenters. The van der Waals surface area contributed by atoms with E-state index in [1.54, 1.807) is 60.9 Å². The predicted molar refractivity (Wildman–Crippen MR) is 122 cm³/mol. The number of hydrogen-bond donors (Lipinski definition) is 1. The highest BCUT2D eigenvalue weighted by atomic mass is 16.5. The van der Waals surface area contributed by atoms with Gasteiger partial charge in [0.1, 0.15) is 11.5 Å². The average Bonchev–Trinajstić information content (AvgIpc) is 3.09. The molecule has 2 heterocycles. The van der Waals surface area contributed by atoms with Crippen molar-refractivity contribution in [1.82, 2.24) is 4.98 Å². The number of rotatable bonds is 6. The molecule has 0 aliphatic carbocycles. The number of carbonyl (C=O) groups is 2. The number of aliphatic hydroxyl groups is 1. The topological polar surface area (TPSA) is 79.7 Å². The molecule has 3 aromatic rings. The highest BCUT2D eigenvalue weighted by molar-refractivity contribution is 6.51. The van der Waals surface area contributed by atoms with Gasteiger partial charge in [-0.3, -0.25) is 19.5 Å². The number of carbonyl (C=O) groups excluding carboxylic acids is 2. The minimum absolute atomic E-state index is 0.0331. The van der Waals surface area contributed by atoms with Crippen LogP contribution in [0.4, 0.5) is 5.69 Å². The monoisotopic (exact) mass is 428 g/mol. The van der Waals surface area contributed by atoms with E-state index < -0.39 is 17.7 Å². The third-order valence-electron chi connectivity index (χ3n) is 5.36. The number of Topliss-reactive ketones (excluding diaryl/α,β-unsaturated/α-hetero) is 1. The van der Waals surface area contributed by atoms with Gasteiger partial charge in [0.2, 0.25) is 0 Å². The van der Waals surface area contributed by atoms with Gasteiger partial charge >= 0.3 is 0 Å². The molecule has 0 spiro atoms. The van der Waals surface area contributed by atoms with Crippen molar-refractivity contribution in [2.75, 3.05) is 11.5 Å². The van der Waals surface area contributed by atoms with Gasteiger partial charge < -0.3 is 9.84 Å². The number of benzene rings is 2. The fourth-order valence-corrected chi connectivity index (χ4v) is 3.74. The first-order valence-electron chi connectivity index (χ1n) is 10.5. The molecule has 1 fully saturated rings. The SMILES string of the molecule is CCCOc1ccc(/C(O)=C2/C(=O)C(=O)N(c3ccc(C)cc3)C2c2cccnc2)cc1. The molecule has 4 rings (SSSR count). The van der Waals surface area contributed by atoms with E-state index in [2.05, 4.69) is 4.98 Å². The zero-order chi connectivity index (χ0) is 22.7. The van der Waals surface area contributed by atoms with Crippen LogP contribution in [0.2, 0.25) is 0 Å². The van der Waals surface area contributed by atoms with E-state index >= 15 is 0 Å². The summed E-state index contributed by atoms with van der Waals surface area (Å²) in [6.07, 6.45) is 4.11. The Bertz CT molecular complexity index is 1150. The van der Waals surface area contributed by atoms with Gasteiger partial charge in [-0.15, -0.1) is 0 Å². The summed E-state index contributed by atoms with van der Waals surface area (Å²) in [5.74, 6) is -0.975. The lowest BCUT2D eigenvalue weighted by atomic mass is 9.96. The normalized spacial score (nSPS) is 17.6. The molecule has 0 saturated carbocycles. The molecule has 0 radical (unpaired) electrons. The molecule has 1 aliphatic heterocycles. The van der Waals surface area contributed by atoms with Crippen molar-refractivity contribution in [2.24, 2.45) is 0 Å². The summed E-state index contributed by atoms with van der Waals surface area (Å²) in [4.78, 5) is 31.8. The van der Waals surface area contributed by atoms with E-state index in [-0.39, 0.29) is 11.3 Å². The van der Waals surface area contributed by atoms with Crippen LogP contribution in [0.1, 0.15) is 36.1 Å². The number of anilines is 1. The molecule has 1 saturated heterocycles. The fourth-order valence-electron chi connectivity index (χ4n) is 3.74. The quantitative estimate of drug-likeness (QED) is 0.346. The Morgan fingerprint density at radius 3 is 2.41 bits per heavy atom. The smallest absolute Gasteiger partial charge is 0.300 e. The summed E-state index contributed by atoms with van der Waals surface area (Å²) in [5.41, 5.74) is 2.72. The Morgan fingerprint density at radius 1 is 1.06 bits per heavy atom. The zero-order valence-corrected chi connectivity index (χ0v) is 18.0. The van der Waals surface area contributed by atoms with Crippen LogP contribution in [0.25, 0.3) is 5.76 Å². The highest BCUT2D eigenvalue weighted by Crippen LogP contribution is 2.42. The summed E-state index contributed by atoms with van der Waals surface area (Å²) in [6, 6.07) is 16.9. The average molecular weight is 428 g/mol. The Hall–Kier alpha value is -3.93. The van der Waals surface area contributed by atoms with Gasteiger partial charge in [-0.05, 0) is 61.4 Å². The molecular formula is C26H24N2O4. The lowest BCUT2D eigenvalue weighted by Crippen LogP contribution is -2.29. The van der Waals surface area contributed by atoms with Crippen molar-refractivity contribution >= 4 is 23.1 Å². The standard InChI is InChI=1S/C26H24N2O4/c1-3-15-32-21-12-8-18(9-13-21)24(29)22-23(19-5-4-14-27-16-19)28(26(31)25(22)30)20-10-6-17(2)7-11-20/h4-14,16,23,29H,3,15H2,1-2H3/b24-22-.